The fraction of sp³-hybridized carbons (Fsp3) is 0.462. The minimum Gasteiger partial charge on any atom is -0.493 e. The number of amides is 1. The van der Waals surface area contributed by atoms with Gasteiger partial charge in [0.2, 0.25) is 0 Å². The maximum absolute atomic E-state index is 12.0. The van der Waals surface area contributed by atoms with Crippen molar-refractivity contribution >= 4 is 11.6 Å². The van der Waals surface area contributed by atoms with E-state index in [0.717, 1.165) is 0 Å². The fourth-order valence-corrected chi connectivity index (χ4v) is 1.65. The van der Waals surface area contributed by atoms with Crippen molar-refractivity contribution in [2.45, 2.75) is 6.10 Å². The molecule has 0 radical (unpaired) electrons. The van der Waals surface area contributed by atoms with Crippen LogP contribution in [-0.2, 0) is 4.74 Å². The lowest BCUT2D eigenvalue weighted by Gasteiger charge is -2.14. The van der Waals surface area contributed by atoms with Crippen molar-refractivity contribution in [1.29, 1.82) is 0 Å². The van der Waals surface area contributed by atoms with Gasteiger partial charge in [-0.2, -0.15) is 0 Å². The number of methoxy groups -OCH3 is 3. The Morgan fingerprint density at radius 3 is 2.45 bits per heavy atom. The second-order valence-corrected chi connectivity index (χ2v) is 4.11. The van der Waals surface area contributed by atoms with Crippen molar-refractivity contribution in [3.63, 3.8) is 0 Å². The van der Waals surface area contributed by atoms with E-state index in [1.165, 1.54) is 33.5 Å². The highest BCUT2D eigenvalue weighted by Crippen LogP contribution is 2.31. The van der Waals surface area contributed by atoms with Gasteiger partial charge >= 0.3 is 0 Å². The zero-order chi connectivity index (χ0) is 15.1. The molecule has 1 amide bonds. The Morgan fingerprint density at radius 1 is 1.30 bits per heavy atom. The second-order valence-electron chi connectivity index (χ2n) is 4.11. The third-order valence-electron chi connectivity index (χ3n) is 2.66. The molecule has 7 nitrogen and oxygen atoms in total. The molecule has 0 heterocycles. The Labute approximate surface area is 117 Å². The molecule has 1 aromatic carbocycles. The Kier molecular flexibility index (Phi) is 6.08. The van der Waals surface area contributed by atoms with E-state index in [2.05, 4.69) is 5.32 Å². The summed E-state index contributed by atoms with van der Waals surface area (Å²) in [6, 6.07) is 3.01. The number of nitrogens with one attached hydrogen (secondary N) is 1. The van der Waals surface area contributed by atoms with Crippen LogP contribution in [0.25, 0.3) is 0 Å². The van der Waals surface area contributed by atoms with Gasteiger partial charge in [0, 0.05) is 25.4 Å². The quantitative estimate of drug-likeness (QED) is 0.610. The molecule has 0 aliphatic rings. The average molecular weight is 284 g/mol. The number of carbonyl (C=O) groups is 1. The van der Waals surface area contributed by atoms with Crippen LogP contribution in [0.5, 0.6) is 11.5 Å². The van der Waals surface area contributed by atoms with Crippen LogP contribution in [0.3, 0.4) is 0 Å². The van der Waals surface area contributed by atoms with Gasteiger partial charge in [0.15, 0.2) is 11.5 Å². The van der Waals surface area contributed by atoms with Crippen LogP contribution < -0.4 is 20.5 Å². The lowest BCUT2D eigenvalue weighted by atomic mass is 10.1. The summed E-state index contributed by atoms with van der Waals surface area (Å²) in [6.45, 7) is 0.210. The minimum absolute atomic E-state index is 0.0699. The SMILES string of the molecule is COCC(O)CNC(=O)c1cc(OC)c(OC)cc1N. The highest BCUT2D eigenvalue weighted by Gasteiger charge is 2.16. The number of aliphatic hydroxyl groups is 1. The van der Waals surface area contributed by atoms with E-state index in [4.69, 9.17) is 19.9 Å². The topological polar surface area (TPSA) is 103 Å². The molecule has 20 heavy (non-hydrogen) atoms. The molecule has 1 aromatic rings. The monoisotopic (exact) mass is 284 g/mol. The molecular formula is C13H20N2O5. The summed E-state index contributed by atoms with van der Waals surface area (Å²) < 4.78 is 15.0. The van der Waals surface area contributed by atoms with Crippen molar-refractivity contribution in [1.82, 2.24) is 5.32 Å². The molecule has 0 spiro atoms. The molecule has 0 saturated carbocycles. The van der Waals surface area contributed by atoms with Crippen molar-refractivity contribution in [2.24, 2.45) is 0 Å². The minimum atomic E-state index is -0.773. The predicted molar refractivity (Wildman–Crippen MR) is 74.2 cm³/mol. The molecule has 0 aliphatic heterocycles. The van der Waals surface area contributed by atoms with Crippen molar-refractivity contribution < 1.29 is 24.1 Å². The van der Waals surface area contributed by atoms with Gasteiger partial charge < -0.3 is 30.4 Å². The molecule has 0 fully saturated rings. The van der Waals surface area contributed by atoms with E-state index in [9.17, 15) is 9.90 Å². The van der Waals surface area contributed by atoms with E-state index in [-0.39, 0.29) is 24.4 Å². The summed E-state index contributed by atoms with van der Waals surface area (Å²) in [5.74, 6) is 0.448. The first-order chi connectivity index (χ1) is 9.53. The Bertz CT molecular complexity index is 464. The van der Waals surface area contributed by atoms with Gasteiger partial charge in [-0.1, -0.05) is 0 Å². The van der Waals surface area contributed by atoms with Gasteiger partial charge in [-0.25, -0.2) is 0 Å². The van der Waals surface area contributed by atoms with E-state index in [0.29, 0.717) is 11.5 Å². The van der Waals surface area contributed by atoms with Gasteiger partial charge in [0.05, 0.1) is 32.5 Å². The van der Waals surface area contributed by atoms with E-state index >= 15 is 0 Å². The Balaban J connectivity index is 2.82. The van der Waals surface area contributed by atoms with Crippen molar-refractivity contribution in [3.05, 3.63) is 17.7 Å². The zero-order valence-corrected chi connectivity index (χ0v) is 11.8. The van der Waals surface area contributed by atoms with Gasteiger partial charge in [0.25, 0.3) is 5.91 Å². The van der Waals surface area contributed by atoms with Crippen molar-refractivity contribution in [2.75, 3.05) is 40.2 Å². The largest absolute Gasteiger partial charge is 0.493 e. The molecule has 7 heteroatoms. The molecule has 4 N–H and O–H groups in total. The van der Waals surface area contributed by atoms with Crippen LogP contribution in [-0.4, -0.2) is 51.6 Å². The number of aliphatic hydroxyl groups excluding tert-OH is 1. The number of ether oxygens (including phenoxy) is 3. The fourth-order valence-electron chi connectivity index (χ4n) is 1.65. The van der Waals surface area contributed by atoms with Crippen molar-refractivity contribution in [3.8, 4) is 11.5 Å². The molecular weight excluding hydrogens is 264 g/mol. The molecule has 112 valence electrons. The maximum atomic E-state index is 12.0. The summed E-state index contributed by atoms with van der Waals surface area (Å²) in [5.41, 5.74) is 6.32. The van der Waals surface area contributed by atoms with Gasteiger partial charge in [-0.05, 0) is 6.07 Å². The normalized spacial score (nSPS) is 11.8. The first-order valence-corrected chi connectivity index (χ1v) is 6.00. The van der Waals surface area contributed by atoms with Crippen LogP contribution >= 0.6 is 0 Å². The number of anilines is 1. The lowest BCUT2D eigenvalue weighted by Crippen LogP contribution is -2.34. The van der Waals surface area contributed by atoms with Gasteiger partial charge in [0.1, 0.15) is 0 Å². The summed E-state index contributed by atoms with van der Waals surface area (Å²) in [6.07, 6.45) is -0.773. The predicted octanol–water partition coefficient (Wildman–Crippen LogP) is 0.0231. The highest BCUT2D eigenvalue weighted by molar-refractivity contribution is 6.00. The van der Waals surface area contributed by atoms with Crippen LogP contribution in [0.1, 0.15) is 10.4 Å². The molecule has 0 saturated heterocycles. The van der Waals surface area contributed by atoms with Crippen LogP contribution in [0, 0.1) is 0 Å². The average Bonchev–Trinajstić information content (AvgIpc) is 2.44. The molecule has 0 aromatic heterocycles. The van der Waals surface area contributed by atoms with Gasteiger partial charge in [-0.3, -0.25) is 4.79 Å². The molecule has 1 rings (SSSR count). The van der Waals surface area contributed by atoms with Gasteiger partial charge in [-0.15, -0.1) is 0 Å². The van der Waals surface area contributed by atoms with Crippen LogP contribution in [0.15, 0.2) is 12.1 Å². The Morgan fingerprint density at radius 2 is 1.90 bits per heavy atom. The van der Waals surface area contributed by atoms with E-state index in [1.807, 2.05) is 0 Å². The molecule has 0 aliphatic carbocycles. The molecule has 1 atom stereocenters. The number of carbonyl (C=O) groups excluding carboxylic acids is 1. The number of hydrogen-bond donors (Lipinski definition) is 3. The third kappa shape index (κ3) is 4.01. The zero-order valence-electron chi connectivity index (χ0n) is 11.8. The third-order valence-corrected chi connectivity index (χ3v) is 2.66. The summed E-state index contributed by atoms with van der Waals surface area (Å²) in [4.78, 5) is 12.0. The maximum Gasteiger partial charge on any atom is 0.253 e. The Hall–Kier alpha value is -1.99. The first kappa shape index (κ1) is 16.1. The van der Waals surface area contributed by atoms with Crippen LogP contribution in [0.2, 0.25) is 0 Å². The smallest absolute Gasteiger partial charge is 0.253 e. The number of nitrogen functional groups attached to an aromatic ring is 1. The van der Waals surface area contributed by atoms with Crippen LogP contribution in [0.4, 0.5) is 5.69 Å². The molecule has 1 unspecified atom stereocenters. The molecule has 0 bridgehead atoms. The summed E-state index contributed by atoms with van der Waals surface area (Å²) >= 11 is 0. The standard InChI is InChI=1S/C13H20N2O5/c1-18-7-8(16)6-15-13(17)9-4-11(19-2)12(20-3)5-10(9)14/h4-5,8,16H,6-7,14H2,1-3H3,(H,15,17). The summed E-state index contributed by atoms with van der Waals surface area (Å²) in [7, 11) is 4.42. The lowest BCUT2D eigenvalue weighted by molar-refractivity contribution is 0.0610. The van der Waals surface area contributed by atoms with E-state index in [1.54, 1.807) is 0 Å². The van der Waals surface area contributed by atoms with E-state index < -0.39 is 12.0 Å². The first-order valence-electron chi connectivity index (χ1n) is 6.00. The summed E-state index contributed by atoms with van der Waals surface area (Å²) in [5, 5.41) is 12.0. The second kappa shape index (κ2) is 7.56. The number of nitrogens with two attached hydrogens (primary N) is 1. The number of hydrogen-bond acceptors (Lipinski definition) is 6. The number of rotatable bonds is 7. The highest BCUT2D eigenvalue weighted by atomic mass is 16.5. The number of benzene rings is 1.